The molecule has 1 aromatic heterocycles. The van der Waals surface area contributed by atoms with E-state index in [0.717, 1.165) is 0 Å². The van der Waals surface area contributed by atoms with Crippen LogP contribution in [-0.2, 0) is 4.79 Å². The number of nitrogens with one attached hydrogen (secondary N) is 1. The summed E-state index contributed by atoms with van der Waals surface area (Å²) in [5, 5.41) is 2.76. The summed E-state index contributed by atoms with van der Waals surface area (Å²) in [4.78, 5) is 25.7. The van der Waals surface area contributed by atoms with E-state index in [-0.39, 0.29) is 17.9 Å². The summed E-state index contributed by atoms with van der Waals surface area (Å²) >= 11 is 0. The maximum Gasteiger partial charge on any atom is 0.271 e. The van der Waals surface area contributed by atoms with E-state index in [1.165, 1.54) is 0 Å². The van der Waals surface area contributed by atoms with Crippen LogP contribution in [0.15, 0.2) is 18.3 Å². The second kappa shape index (κ2) is 4.84. The van der Waals surface area contributed by atoms with E-state index in [0.29, 0.717) is 18.8 Å². The molecule has 0 bridgehead atoms. The van der Waals surface area contributed by atoms with Gasteiger partial charge in [-0.05, 0) is 32.9 Å². The molecule has 5 nitrogen and oxygen atoms in total. The molecule has 1 fully saturated rings. The molecule has 0 aliphatic carbocycles. The van der Waals surface area contributed by atoms with Crippen LogP contribution in [0, 0.1) is 0 Å². The Labute approximate surface area is 107 Å². The highest BCUT2D eigenvalue weighted by Gasteiger charge is 2.31. The van der Waals surface area contributed by atoms with Crippen molar-refractivity contribution in [3.63, 3.8) is 0 Å². The Morgan fingerprint density at radius 3 is 2.89 bits per heavy atom. The number of piperazine rings is 1. The normalized spacial score (nSPS) is 20.1. The summed E-state index contributed by atoms with van der Waals surface area (Å²) in [5.74, 6) is -0.159. The number of nitrogens with zero attached hydrogens (tertiary/aromatic N) is 2. The third kappa shape index (κ3) is 2.12. The Hall–Kier alpha value is -1.78. The number of amides is 2. The number of hydrogen-bond donors (Lipinski definition) is 1. The summed E-state index contributed by atoms with van der Waals surface area (Å²) < 4.78 is 1.93. The van der Waals surface area contributed by atoms with Crippen LogP contribution >= 0.6 is 0 Å². The largest absolute Gasteiger partial charge is 0.353 e. The Morgan fingerprint density at radius 1 is 1.50 bits per heavy atom. The first-order chi connectivity index (χ1) is 8.52. The van der Waals surface area contributed by atoms with Crippen LogP contribution in [0.1, 0.15) is 37.3 Å². The molecule has 5 heteroatoms. The third-order valence-electron chi connectivity index (χ3n) is 3.31. The van der Waals surface area contributed by atoms with Crippen LogP contribution < -0.4 is 5.32 Å². The van der Waals surface area contributed by atoms with Crippen molar-refractivity contribution in [3.05, 3.63) is 24.0 Å². The lowest BCUT2D eigenvalue weighted by molar-refractivity contribution is -0.127. The van der Waals surface area contributed by atoms with Gasteiger partial charge in [0.15, 0.2) is 0 Å². The second-order valence-electron chi connectivity index (χ2n) is 4.86. The van der Waals surface area contributed by atoms with E-state index < -0.39 is 6.04 Å². The zero-order valence-corrected chi connectivity index (χ0v) is 11.0. The zero-order chi connectivity index (χ0) is 13.3. The van der Waals surface area contributed by atoms with Gasteiger partial charge in [-0.1, -0.05) is 0 Å². The molecule has 18 heavy (non-hydrogen) atoms. The fraction of sp³-hybridized carbons (Fsp3) is 0.538. The van der Waals surface area contributed by atoms with E-state index in [1.807, 2.05) is 36.7 Å². The topological polar surface area (TPSA) is 54.3 Å². The summed E-state index contributed by atoms with van der Waals surface area (Å²) in [6, 6.07) is 3.50. The van der Waals surface area contributed by atoms with Crippen molar-refractivity contribution >= 4 is 11.8 Å². The van der Waals surface area contributed by atoms with Crippen molar-refractivity contribution < 1.29 is 9.59 Å². The molecule has 0 radical (unpaired) electrons. The Morgan fingerprint density at radius 2 is 2.22 bits per heavy atom. The van der Waals surface area contributed by atoms with Crippen LogP contribution in [0.2, 0.25) is 0 Å². The van der Waals surface area contributed by atoms with Crippen LogP contribution in [0.3, 0.4) is 0 Å². The average Bonchev–Trinajstić information content (AvgIpc) is 2.81. The second-order valence-corrected chi connectivity index (χ2v) is 4.86. The summed E-state index contributed by atoms with van der Waals surface area (Å²) in [6.07, 6.45) is 1.90. The standard InChI is InChI=1S/C13H19N3O2/c1-9(2)15-7-4-5-11(15)13(18)16-8-6-14-12(17)10(16)3/h4-5,7,9-10H,6,8H2,1-3H3,(H,14,17). The first-order valence-electron chi connectivity index (χ1n) is 6.28. The third-order valence-corrected chi connectivity index (χ3v) is 3.31. The molecule has 1 aliphatic rings. The van der Waals surface area contributed by atoms with Gasteiger partial charge in [0.1, 0.15) is 11.7 Å². The number of hydrogen-bond acceptors (Lipinski definition) is 2. The smallest absolute Gasteiger partial charge is 0.271 e. The molecule has 1 N–H and O–H groups in total. The average molecular weight is 249 g/mol. The molecule has 98 valence electrons. The highest BCUT2D eigenvalue weighted by molar-refractivity contribution is 5.97. The molecule has 0 spiro atoms. The van der Waals surface area contributed by atoms with Gasteiger partial charge in [-0.25, -0.2) is 0 Å². The molecular weight excluding hydrogens is 230 g/mol. The molecular formula is C13H19N3O2. The Balaban J connectivity index is 2.25. The van der Waals surface area contributed by atoms with Gasteiger partial charge >= 0.3 is 0 Å². The summed E-state index contributed by atoms with van der Waals surface area (Å²) in [6.45, 7) is 6.91. The Bertz CT molecular complexity index is 465. The predicted octanol–water partition coefficient (Wildman–Crippen LogP) is 1.03. The SMILES string of the molecule is CC1C(=O)NCCN1C(=O)c1cccn1C(C)C. The van der Waals surface area contributed by atoms with Gasteiger partial charge < -0.3 is 14.8 Å². The maximum atomic E-state index is 12.5. The van der Waals surface area contributed by atoms with Gasteiger partial charge in [0.05, 0.1) is 0 Å². The number of carbonyl (C=O) groups is 2. The van der Waals surface area contributed by atoms with Crippen molar-refractivity contribution in [2.24, 2.45) is 0 Å². The molecule has 1 unspecified atom stereocenters. The van der Waals surface area contributed by atoms with Crippen molar-refractivity contribution in [2.75, 3.05) is 13.1 Å². The van der Waals surface area contributed by atoms with Crippen LogP contribution in [0.4, 0.5) is 0 Å². The maximum absolute atomic E-state index is 12.5. The molecule has 0 saturated carbocycles. The van der Waals surface area contributed by atoms with Crippen LogP contribution in [0.25, 0.3) is 0 Å². The van der Waals surface area contributed by atoms with Crippen molar-refractivity contribution in [2.45, 2.75) is 32.9 Å². The number of rotatable bonds is 2. The molecule has 1 saturated heterocycles. The van der Waals surface area contributed by atoms with Gasteiger partial charge in [-0.3, -0.25) is 9.59 Å². The van der Waals surface area contributed by atoms with E-state index in [9.17, 15) is 9.59 Å². The van der Waals surface area contributed by atoms with E-state index >= 15 is 0 Å². The van der Waals surface area contributed by atoms with Gasteiger partial charge in [-0.15, -0.1) is 0 Å². The fourth-order valence-electron chi connectivity index (χ4n) is 2.23. The molecule has 1 aliphatic heterocycles. The highest BCUT2D eigenvalue weighted by Crippen LogP contribution is 2.15. The molecule has 0 aromatic carbocycles. The predicted molar refractivity (Wildman–Crippen MR) is 68.3 cm³/mol. The fourth-order valence-corrected chi connectivity index (χ4v) is 2.23. The summed E-state index contributed by atoms with van der Waals surface area (Å²) in [5.41, 5.74) is 0.645. The molecule has 1 atom stereocenters. The van der Waals surface area contributed by atoms with Crippen molar-refractivity contribution in [3.8, 4) is 0 Å². The molecule has 1 aromatic rings. The van der Waals surface area contributed by atoms with E-state index in [2.05, 4.69) is 5.32 Å². The quantitative estimate of drug-likeness (QED) is 0.851. The minimum Gasteiger partial charge on any atom is -0.353 e. The highest BCUT2D eigenvalue weighted by atomic mass is 16.2. The zero-order valence-electron chi connectivity index (χ0n) is 11.0. The first kappa shape index (κ1) is 12.7. The van der Waals surface area contributed by atoms with Crippen molar-refractivity contribution in [1.82, 2.24) is 14.8 Å². The van der Waals surface area contributed by atoms with Gasteiger partial charge in [0.25, 0.3) is 5.91 Å². The van der Waals surface area contributed by atoms with Gasteiger partial charge in [0, 0.05) is 25.3 Å². The van der Waals surface area contributed by atoms with Crippen LogP contribution in [0.5, 0.6) is 0 Å². The van der Waals surface area contributed by atoms with Crippen LogP contribution in [-0.4, -0.2) is 40.4 Å². The lowest BCUT2D eigenvalue weighted by atomic mass is 10.2. The monoisotopic (exact) mass is 249 g/mol. The number of carbonyl (C=O) groups excluding carboxylic acids is 2. The van der Waals surface area contributed by atoms with Gasteiger partial charge in [-0.2, -0.15) is 0 Å². The molecule has 2 rings (SSSR count). The first-order valence-corrected chi connectivity index (χ1v) is 6.28. The molecule has 2 heterocycles. The lowest BCUT2D eigenvalue weighted by Crippen LogP contribution is -2.56. The molecule has 2 amide bonds. The van der Waals surface area contributed by atoms with E-state index in [4.69, 9.17) is 0 Å². The van der Waals surface area contributed by atoms with E-state index in [1.54, 1.807) is 11.8 Å². The van der Waals surface area contributed by atoms with Crippen molar-refractivity contribution in [1.29, 1.82) is 0 Å². The van der Waals surface area contributed by atoms with Gasteiger partial charge in [0.2, 0.25) is 5.91 Å². The summed E-state index contributed by atoms with van der Waals surface area (Å²) in [7, 11) is 0. The minimum atomic E-state index is -0.401. The lowest BCUT2D eigenvalue weighted by Gasteiger charge is -2.33. The number of aromatic nitrogens is 1. The Kier molecular flexibility index (Phi) is 3.41. The minimum absolute atomic E-state index is 0.0731.